The standard InChI is InChI=1S/C14H8F3N3O3/c15-14(16,17)23-11-4-1-9(2-5-11)19-8-18-12-7-10(20(21)22)3-6-13(12)19/h1-8H. The summed E-state index contributed by atoms with van der Waals surface area (Å²) in [5.74, 6) is -0.332. The molecule has 0 unspecified atom stereocenters. The van der Waals surface area contributed by atoms with E-state index in [2.05, 4.69) is 9.72 Å². The van der Waals surface area contributed by atoms with Crippen molar-refractivity contribution in [3.8, 4) is 11.4 Å². The number of nitro benzene ring substituents is 1. The van der Waals surface area contributed by atoms with Gasteiger partial charge in [-0.05, 0) is 30.3 Å². The van der Waals surface area contributed by atoms with Gasteiger partial charge in [0, 0.05) is 17.8 Å². The number of nitrogens with zero attached hydrogens (tertiary/aromatic N) is 3. The molecule has 3 aromatic rings. The molecule has 0 fully saturated rings. The number of halogens is 3. The van der Waals surface area contributed by atoms with Gasteiger partial charge in [0.05, 0.1) is 16.0 Å². The lowest BCUT2D eigenvalue weighted by Gasteiger charge is -2.10. The topological polar surface area (TPSA) is 70.2 Å². The zero-order valence-electron chi connectivity index (χ0n) is 11.3. The second-order valence-corrected chi connectivity index (χ2v) is 4.59. The fraction of sp³-hybridized carbons (Fsp3) is 0.0714. The molecule has 2 aromatic carbocycles. The Morgan fingerprint density at radius 3 is 2.43 bits per heavy atom. The number of alkyl halides is 3. The summed E-state index contributed by atoms with van der Waals surface area (Å²) in [5, 5.41) is 10.7. The quantitative estimate of drug-likeness (QED) is 0.542. The smallest absolute Gasteiger partial charge is 0.406 e. The summed E-state index contributed by atoms with van der Waals surface area (Å²) in [6, 6.07) is 9.42. The van der Waals surface area contributed by atoms with Gasteiger partial charge in [0.25, 0.3) is 5.69 Å². The Bertz CT molecular complexity index is 872. The minimum absolute atomic E-state index is 0.0864. The van der Waals surface area contributed by atoms with E-state index in [4.69, 9.17) is 0 Å². The van der Waals surface area contributed by atoms with E-state index in [-0.39, 0.29) is 11.4 Å². The normalized spacial score (nSPS) is 11.6. The summed E-state index contributed by atoms with van der Waals surface area (Å²) in [7, 11) is 0. The van der Waals surface area contributed by atoms with Gasteiger partial charge in [-0.2, -0.15) is 0 Å². The van der Waals surface area contributed by atoms with Crippen molar-refractivity contribution in [1.29, 1.82) is 0 Å². The Morgan fingerprint density at radius 1 is 1.13 bits per heavy atom. The van der Waals surface area contributed by atoms with Crippen molar-refractivity contribution in [3.63, 3.8) is 0 Å². The highest BCUT2D eigenvalue weighted by molar-refractivity contribution is 5.79. The van der Waals surface area contributed by atoms with Gasteiger partial charge in [0.1, 0.15) is 12.1 Å². The summed E-state index contributed by atoms with van der Waals surface area (Å²) < 4.78 is 41.8. The average molecular weight is 323 g/mol. The number of nitro groups is 1. The number of hydrogen-bond donors (Lipinski definition) is 0. The van der Waals surface area contributed by atoms with Gasteiger partial charge < -0.3 is 4.74 Å². The Balaban J connectivity index is 1.95. The highest BCUT2D eigenvalue weighted by Gasteiger charge is 2.31. The maximum absolute atomic E-state index is 12.1. The van der Waals surface area contributed by atoms with Crippen LogP contribution in [0.3, 0.4) is 0 Å². The summed E-state index contributed by atoms with van der Waals surface area (Å²) in [4.78, 5) is 14.3. The third kappa shape index (κ3) is 3.07. The summed E-state index contributed by atoms with van der Waals surface area (Å²) in [6.07, 6.45) is -3.31. The molecular formula is C14H8F3N3O3. The Labute approximate surface area is 126 Å². The third-order valence-corrected chi connectivity index (χ3v) is 3.09. The predicted octanol–water partition coefficient (Wildman–Crippen LogP) is 3.83. The second kappa shape index (κ2) is 5.27. The molecule has 0 saturated carbocycles. The number of hydrogen-bond acceptors (Lipinski definition) is 4. The fourth-order valence-electron chi connectivity index (χ4n) is 2.13. The van der Waals surface area contributed by atoms with Gasteiger partial charge >= 0.3 is 6.36 Å². The van der Waals surface area contributed by atoms with E-state index >= 15 is 0 Å². The van der Waals surface area contributed by atoms with E-state index in [0.29, 0.717) is 16.7 Å². The van der Waals surface area contributed by atoms with Crippen LogP contribution in [0.25, 0.3) is 16.7 Å². The van der Waals surface area contributed by atoms with E-state index in [1.165, 1.54) is 48.8 Å². The molecule has 118 valence electrons. The van der Waals surface area contributed by atoms with Gasteiger partial charge in [0.15, 0.2) is 0 Å². The van der Waals surface area contributed by atoms with Crippen LogP contribution in [0.2, 0.25) is 0 Å². The van der Waals surface area contributed by atoms with Crippen molar-refractivity contribution >= 4 is 16.7 Å². The molecule has 0 saturated heterocycles. The fourth-order valence-corrected chi connectivity index (χ4v) is 2.13. The molecular weight excluding hydrogens is 315 g/mol. The van der Waals surface area contributed by atoms with Crippen LogP contribution in [-0.4, -0.2) is 20.8 Å². The lowest BCUT2D eigenvalue weighted by molar-refractivity contribution is -0.384. The summed E-state index contributed by atoms with van der Waals surface area (Å²) in [5.41, 5.74) is 1.47. The Hall–Kier alpha value is -3.10. The molecule has 1 heterocycles. The number of ether oxygens (including phenoxy) is 1. The second-order valence-electron chi connectivity index (χ2n) is 4.59. The van der Waals surface area contributed by atoms with Crippen molar-refractivity contribution in [2.24, 2.45) is 0 Å². The minimum Gasteiger partial charge on any atom is -0.406 e. The maximum Gasteiger partial charge on any atom is 0.573 e. The van der Waals surface area contributed by atoms with Crippen molar-refractivity contribution in [2.45, 2.75) is 6.36 Å². The summed E-state index contributed by atoms with van der Waals surface area (Å²) >= 11 is 0. The summed E-state index contributed by atoms with van der Waals surface area (Å²) in [6.45, 7) is 0. The van der Waals surface area contributed by atoms with Crippen LogP contribution in [0.15, 0.2) is 48.8 Å². The maximum atomic E-state index is 12.1. The number of aromatic nitrogens is 2. The van der Waals surface area contributed by atoms with Gasteiger partial charge in [-0.3, -0.25) is 14.7 Å². The van der Waals surface area contributed by atoms with Crippen LogP contribution in [0.5, 0.6) is 5.75 Å². The first-order valence-corrected chi connectivity index (χ1v) is 6.31. The molecule has 0 amide bonds. The zero-order valence-corrected chi connectivity index (χ0v) is 11.3. The number of imidazole rings is 1. The van der Waals surface area contributed by atoms with Gasteiger partial charge in [-0.25, -0.2) is 4.98 Å². The van der Waals surface area contributed by atoms with Crippen LogP contribution in [0.4, 0.5) is 18.9 Å². The first-order valence-electron chi connectivity index (χ1n) is 6.31. The first kappa shape index (κ1) is 14.8. The van der Waals surface area contributed by atoms with Gasteiger partial charge in [0.2, 0.25) is 0 Å². The number of fused-ring (bicyclic) bond motifs is 1. The zero-order chi connectivity index (χ0) is 16.6. The highest BCUT2D eigenvalue weighted by Crippen LogP contribution is 2.26. The number of non-ortho nitro benzene ring substituents is 1. The van der Waals surface area contributed by atoms with Gasteiger partial charge in [-0.15, -0.1) is 13.2 Å². The van der Waals surface area contributed by atoms with Gasteiger partial charge in [-0.1, -0.05) is 0 Å². The molecule has 23 heavy (non-hydrogen) atoms. The van der Waals surface area contributed by atoms with Crippen LogP contribution in [0, 0.1) is 10.1 Å². The molecule has 0 atom stereocenters. The van der Waals surface area contributed by atoms with Crippen molar-refractivity contribution in [2.75, 3.05) is 0 Å². The molecule has 0 aliphatic rings. The Kier molecular flexibility index (Phi) is 3.40. The van der Waals surface area contributed by atoms with E-state index < -0.39 is 11.3 Å². The molecule has 0 N–H and O–H groups in total. The van der Waals surface area contributed by atoms with Crippen LogP contribution in [0.1, 0.15) is 0 Å². The molecule has 0 radical (unpaired) electrons. The first-order chi connectivity index (χ1) is 10.8. The molecule has 1 aromatic heterocycles. The van der Waals surface area contributed by atoms with Crippen molar-refractivity contribution in [3.05, 3.63) is 58.9 Å². The van der Waals surface area contributed by atoms with Crippen molar-refractivity contribution in [1.82, 2.24) is 9.55 Å². The number of rotatable bonds is 3. The molecule has 3 rings (SSSR count). The average Bonchev–Trinajstić information content (AvgIpc) is 2.89. The predicted molar refractivity (Wildman–Crippen MR) is 74.4 cm³/mol. The Morgan fingerprint density at radius 2 is 1.83 bits per heavy atom. The van der Waals surface area contributed by atoms with E-state index in [1.807, 2.05) is 0 Å². The monoisotopic (exact) mass is 323 g/mol. The highest BCUT2D eigenvalue weighted by atomic mass is 19.4. The van der Waals surface area contributed by atoms with Crippen molar-refractivity contribution < 1.29 is 22.8 Å². The van der Waals surface area contributed by atoms with E-state index in [9.17, 15) is 23.3 Å². The van der Waals surface area contributed by atoms with Crippen LogP contribution >= 0.6 is 0 Å². The largest absolute Gasteiger partial charge is 0.573 e. The third-order valence-electron chi connectivity index (χ3n) is 3.09. The molecule has 9 heteroatoms. The lowest BCUT2D eigenvalue weighted by atomic mass is 10.2. The molecule has 0 aliphatic heterocycles. The molecule has 0 aliphatic carbocycles. The number of benzene rings is 2. The van der Waals surface area contributed by atoms with E-state index in [1.54, 1.807) is 4.57 Å². The lowest BCUT2D eigenvalue weighted by Crippen LogP contribution is -2.17. The molecule has 6 nitrogen and oxygen atoms in total. The van der Waals surface area contributed by atoms with Crippen LogP contribution < -0.4 is 4.74 Å². The van der Waals surface area contributed by atoms with E-state index in [0.717, 1.165) is 0 Å². The SMILES string of the molecule is O=[N+]([O-])c1ccc2c(c1)ncn2-c1ccc(OC(F)(F)F)cc1. The molecule has 0 bridgehead atoms. The minimum atomic E-state index is -4.75. The van der Waals surface area contributed by atoms with Crippen LogP contribution in [-0.2, 0) is 0 Å². The molecule has 0 spiro atoms.